The molecule has 0 aliphatic rings. The van der Waals surface area contributed by atoms with Crippen LogP contribution in [0.25, 0.3) is 11.3 Å². The van der Waals surface area contributed by atoms with Crippen molar-refractivity contribution in [2.45, 2.75) is 20.8 Å². The number of benzene rings is 1. The second-order valence-corrected chi connectivity index (χ2v) is 6.62. The summed E-state index contributed by atoms with van der Waals surface area (Å²) in [5, 5.41) is 3.47. The molecule has 3 nitrogen and oxygen atoms in total. The molecule has 0 saturated carbocycles. The zero-order valence-electron chi connectivity index (χ0n) is 13.8. The van der Waals surface area contributed by atoms with Crippen LogP contribution in [0.5, 0.6) is 0 Å². The Morgan fingerprint density at radius 3 is 2.43 bits per heavy atom. The molecule has 3 heteroatoms. The maximum absolute atomic E-state index is 11.6. The molecule has 0 amide bonds. The number of hydrogen-bond donors (Lipinski definition) is 2. The average molecular weight is 306 g/mol. The Hall–Kier alpha value is -2.73. The van der Waals surface area contributed by atoms with Gasteiger partial charge in [-0.15, -0.1) is 6.42 Å². The lowest BCUT2D eigenvalue weighted by Gasteiger charge is -2.23. The third-order valence-corrected chi connectivity index (χ3v) is 3.32. The van der Waals surface area contributed by atoms with E-state index in [1.807, 2.05) is 36.4 Å². The highest BCUT2D eigenvalue weighted by molar-refractivity contribution is 5.97. The number of allylic oxidation sites excluding steroid dienone is 1. The summed E-state index contributed by atoms with van der Waals surface area (Å²) in [6.07, 6.45) is 7.38. The van der Waals surface area contributed by atoms with Gasteiger partial charge in [-0.05, 0) is 22.6 Å². The fraction of sp³-hybridized carbons (Fsp3) is 0.250. The first-order chi connectivity index (χ1) is 10.9. The fourth-order valence-electron chi connectivity index (χ4n) is 2.19. The van der Waals surface area contributed by atoms with Crippen LogP contribution in [0.1, 0.15) is 31.9 Å². The predicted molar refractivity (Wildman–Crippen MR) is 96.6 cm³/mol. The second kappa shape index (κ2) is 7.02. The molecule has 1 heterocycles. The minimum atomic E-state index is -0.168. The highest BCUT2D eigenvalue weighted by Gasteiger charge is 2.15. The molecule has 2 aromatic rings. The second-order valence-electron chi connectivity index (χ2n) is 6.62. The number of pyridine rings is 1. The summed E-state index contributed by atoms with van der Waals surface area (Å²) in [4.78, 5) is 14.2. The van der Waals surface area contributed by atoms with Crippen LogP contribution in [0.15, 0.2) is 53.5 Å². The molecule has 0 saturated heterocycles. The summed E-state index contributed by atoms with van der Waals surface area (Å²) >= 11 is 0. The highest BCUT2D eigenvalue weighted by Crippen LogP contribution is 2.24. The number of H-pyrrole nitrogens is 1. The monoisotopic (exact) mass is 306 g/mol. The first-order valence-electron chi connectivity index (χ1n) is 7.60. The van der Waals surface area contributed by atoms with Crippen molar-refractivity contribution in [3.05, 3.63) is 70.1 Å². The van der Waals surface area contributed by atoms with Crippen molar-refractivity contribution in [2.24, 2.45) is 5.41 Å². The number of rotatable bonds is 4. The maximum atomic E-state index is 11.6. The molecule has 1 aromatic carbocycles. The van der Waals surface area contributed by atoms with E-state index in [1.54, 1.807) is 6.20 Å². The van der Waals surface area contributed by atoms with Gasteiger partial charge in [0.2, 0.25) is 5.56 Å². The van der Waals surface area contributed by atoms with E-state index in [2.05, 4.69) is 37.0 Å². The van der Waals surface area contributed by atoms with E-state index in [0.717, 1.165) is 23.4 Å². The minimum absolute atomic E-state index is 0.105. The third-order valence-electron chi connectivity index (χ3n) is 3.32. The molecule has 0 spiro atoms. The molecular weight excluding hydrogens is 284 g/mol. The maximum Gasteiger partial charge on any atom is 0.248 e. The van der Waals surface area contributed by atoms with E-state index in [0.29, 0.717) is 5.57 Å². The molecule has 2 rings (SSSR count). The third kappa shape index (κ3) is 4.62. The van der Waals surface area contributed by atoms with Gasteiger partial charge >= 0.3 is 0 Å². The largest absolute Gasteiger partial charge is 0.383 e. The van der Waals surface area contributed by atoms with Crippen molar-refractivity contribution in [3.63, 3.8) is 0 Å². The minimum Gasteiger partial charge on any atom is -0.383 e. The van der Waals surface area contributed by atoms with E-state index < -0.39 is 0 Å². The van der Waals surface area contributed by atoms with Crippen molar-refractivity contribution < 1.29 is 0 Å². The molecule has 0 radical (unpaired) electrons. The summed E-state index contributed by atoms with van der Waals surface area (Å²) in [5.41, 5.74) is 3.23. The summed E-state index contributed by atoms with van der Waals surface area (Å²) in [6, 6.07) is 13.3. The summed E-state index contributed by atoms with van der Waals surface area (Å²) in [7, 11) is 0. The van der Waals surface area contributed by atoms with Gasteiger partial charge in [-0.2, -0.15) is 0 Å². The summed E-state index contributed by atoms with van der Waals surface area (Å²) < 4.78 is 0. The van der Waals surface area contributed by atoms with Gasteiger partial charge in [-0.1, -0.05) is 57.0 Å². The zero-order chi connectivity index (χ0) is 16.9. The number of aromatic amines is 1. The molecule has 2 N–H and O–H groups in total. The van der Waals surface area contributed by atoms with Crippen LogP contribution in [0, 0.1) is 17.8 Å². The lowest BCUT2D eigenvalue weighted by Crippen LogP contribution is -2.26. The van der Waals surface area contributed by atoms with Gasteiger partial charge in [0.05, 0.1) is 11.3 Å². The van der Waals surface area contributed by atoms with Crippen LogP contribution in [0.3, 0.4) is 0 Å². The number of nitrogens with one attached hydrogen (secondary N) is 2. The molecule has 0 unspecified atom stereocenters. The van der Waals surface area contributed by atoms with E-state index in [1.165, 1.54) is 6.07 Å². The SMILES string of the molecule is C#C/C(=C(\NCC(C)(C)C)c1ccccc1)c1cc[nH]c(=O)c1. The van der Waals surface area contributed by atoms with E-state index in [9.17, 15) is 4.79 Å². The zero-order valence-corrected chi connectivity index (χ0v) is 13.8. The number of aromatic nitrogens is 1. The Morgan fingerprint density at radius 1 is 1.17 bits per heavy atom. The van der Waals surface area contributed by atoms with Crippen molar-refractivity contribution >= 4 is 11.3 Å². The van der Waals surface area contributed by atoms with Crippen LogP contribution in [0.4, 0.5) is 0 Å². The summed E-state index contributed by atoms with van der Waals surface area (Å²) in [5.74, 6) is 2.74. The summed E-state index contributed by atoms with van der Waals surface area (Å²) in [6.45, 7) is 7.24. The van der Waals surface area contributed by atoms with E-state index in [-0.39, 0.29) is 11.0 Å². The molecule has 0 bridgehead atoms. The molecule has 1 aromatic heterocycles. The highest BCUT2D eigenvalue weighted by atomic mass is 16.1. The Bertz CT molecular complexity index is 787. The first-order valence-corrected chi connectivity index (χ1v) is 7.60. The average Bonchev–Trinajstić information content (AvgIpc) is 2.51. The number of hydrogen-bond acceptors (Lipinski definition) is 2. The molecular formula is C20H22N2O. The Labute approximate surface area is 137 Å². The van der Waals surface area contributed by atoms with Crippen LogP contribution in [0.2, 0.25) is 0 Å². The standard InChI is InChI=1S/C20H22N2O/c1-5-17(16-11-12-21-18(23)13-16)19(22-14-20(2,3)4)15-9-7-6-8-10-15/h1,6-13,22H,14H2,2-4H3,(H,21,23)/b19-17+. The van der Waals surface area contributed by atoms with E-state index >= 15 is 0 Å². The molecule has 118 valence electrons. The van der Waals surface area contributed by atoms with Gasteiger partial charge in [-0.25, -0.2) is 0 Å². The lowest BCUT2D eigenvalue weighted by molar-refractivity contribution is 0.406. The number of terminal acetylenes is 1. The molecule has 23 heavy (non-hydrogen) atoms. The van der Waals surface area contributed by atoms with Gasteiger partial charge in [0.25, 0.3) is 0 Å². The topological polar surface area (TPSA) is 44.9 Å². The van der Waals surface area contributed by atoms with Gasteiger partial charge in [0, 0.05) is 18.8 Å². The Kier molecular flexibility index (Phi) is 5.08. The van der Waals surface area contributed by atoms with Gasteiger partial charge in [0.15, 0.2) is 0 Å². The quantitative estimate of drug-likeness (QED) is 0.849. The van der Waals surface area contributed by atoms with Crippen molar-refractivity contribution in [1.82, 2.24) is 10.3 Å². The smallest absolute Gasteiger partial charge is 0.248 e. The first kappa shape index (κ1) is 16.6. The molecule has 0 atom stereocenters. The van der Waals surface area contributed by atoms with Gasteiger partial charge < -0.3 is 10.3 Å². The fourth-order valence-corrected chi connectivity index (χ4v) is 2.19. The normalized spacial score (nSPS) is 12.3. The Morgan fingerprint density at radius 2 is 1.87 bits per heavy atom. The van der Waals surface area contributed by atoms with Crippen LogP contribution < -0.4 is 10.9 Å². The van der Waals surface area contributed by atoms with Crippen molar-refractivity contribution in [1.29, 1.82) is 0 Å². The molecule has 0 aliphatic heterocycles. The molecule has 0 fully saturated rings. The molecule has 0 aliphatic carbocycles. The van der Waals surface area contributed by atoms with Crippen molar-refractivity contribution in [3.8, 4) is 12.3 Å². The Balaban J connectivity index is 2.57. The van der Waals surface area contributed by atoms with Gasteiger partial charge in [0.1, 0.15) is 0 Å². The van der Waals surface area contributed by atoms with Crippen LogP contribution in [-0.4, -0.2) is 11.5 Å². The lowest BCUT2D eigenvalue weighted by atomic mass is 9.95. The van der Waals surface area contributed by atoms with Crippen LogP contribution in [-0.2, 0) is 0 Å². The predicted octanol–water partition coefficient (Wildman–Crippen LogP) is 3.51. The van der Waals surface area contributed by atoms with Crippen LogP contribution >= 0.6 is 0 Å². The van der Waals surface area contributed by atoms with Crippen molar-refractivity contribution in [2.75, 3.05) is 6.54 Å². The van der Waals surface area contributed by atoms with Gasteiger partial charge in [-0.3, -0.25) is 4.79 Å². The van der Waals surface area contributed by atoms with E-state index in [4.69, 9.17) is 6.42 Å².